The number of rotatable bonds is 0. The van der Waals surface area contributed by atoms with Crippen molar-refractivity contribution in [3.8, 4) is 0 Å². The van der Waals surface area contributed by atoms with Gasteiger partial charge in [-0.25, -0.2) is 0 Å². The lowest BCUT2D eigenvalue weighted by molar-refractivity contribution is -0.611. The topological polar surface area (TPSA) is 29.9 Å². The largest absolute Gasteiger partial charge is 0.394 e. The molecule has 0 aliphatic rings. The molecule has 0 spiro atoms. The van der Waals surface area contributed by atoms with E-state index in [9.17, 15) is 0 Å². The van der Waals surface area contributed by atoms with Gasteiger partial charge in [0.05, 0.1) is 5.69 Å². The van der Waals surface area contributed by atoms with Gasteiger partial charge in [-0.3, -0.25) is 0 Å². The molecule has 2 heteroatoms. The van der Waals surface area contributed by atoms with Gasteiger partial charge < -0.3 is 5.73 Å². The van der Waals surface area contributed by atoms with Crippen molar-refractivity contribution in [2.24, 2.45) is 0 Å². The molecule has 0 saturated heterocycles. The second-order valence-electron chi connectivity index (χ2n) is 1.65. The van der Waals surface area contributed by atoms with Crippen molar-refractivity contribution < 1.29 is 4.57 Å². The quantitative estimate of drug-likeness (QED) is 0.472. The molecule has 0 aliphatic heterocycles. The van der Waals surface area contributed by atoms with E-state index in [0.717, 1.165) is 5.69 Å². The maximum atomic E-state index is 5.40. The average molecular weight is 108 g/mol. The standard InChI is InChI=1S/C6H8N2/c1-8-4-2-3-6(7)5-8/h2-5H,1,7H2/q+1. The van der Waals surface area contributed by atoms with Crippen molar-refractivity contribution >= 4 is 5.69 Å². The van der Waals surface area contributed by atoms with E-state index in [1.807, 2.05) is 18.3 Å². The van der Waals surface area contributed by atoms with Crippen LogP contribution in [0.2, 0.25) is 0 Å². The van der Waals surface area contributed by atoms with E-state index in [2.05, 4.69) is 7.05 Å². The van der Waals surface area contributed by atoms with Crippen LogP contribution < -0.4 is 10.3 Å². The molecule has 41 valence electrons. The minimum atomic E-state index is 0.738. The molecule has 2 N–H and O–H groups in total. The van der Waals surface area contributed by atoms with Crippen LogP contribution in [0.25, 0.3) is 0 Å². The zero-order valence-electron chi connectivity index (χ0n) is 4.54. The molecule has 0 aromatic carbocycles. The Balaban J connectivity index is 3.08. The molecule has 1 radical (unpaired) electrons. The van der Waals surface area contributed by atoms with E-state index in [4.69, 9.17) is 5.73 Å². The van der Waals surface area contributed by atoms with Crippen LogP contribution in [-0.4, -0.2) is 0 Å². The smallest absolute Gasteiger partial charge is 0.206 e. The molecule has 1 aromatic heterocycles. The number of hydrogen-bond acceptors (Lipinski definition) is 1. The van der Waals surface area contributed by atoms with E-state index < -0.39 is 0 Å². The highest BCUT2D eigenvalue weighted by Crippen LogP contribution is 1.90. The zero-order chi connectivity index (χ0) is 5.98. The highest BCUT2D eigenvalue weighted by molar-refractivity contribution is 5.30. The van der Waals surface area contributed by atoms with Gasteiger partial charge in [-0.05, 0) is 6.07 Å². The fourth-order valence-electron chi connectivity index (χ4n) is 0.542. The summed E-state index contributed by atoms with van der Waals surface area (Å²) in [6.07, 6.45) is 3.58. The van der Waals surface area contributed by atoms with Crippen LogP contribution in [0.5, 0.6) is 0 Å². The first-order chi connectivity index (χ1) is 3.79. The minimum absolute atomic E-state index is 0.738. The summed E-state index contributed by atoms with van der Waals surface area (Å²) in [6.45, 7) is 0. The highest BCUT2D eigenvalue weighted by atomic mass is 14.9. The normalized spacial score (nSPS) is 9.12. The molecule has 2 nitrogen and oxygen atoms in total. The lowest BCUT2D eigenvalue weighted by atomic mass is 10.4. The summed E-state index contributed by atoms with van der Waals surface area (Å²) in [5.74, 6) is 0. The molecule has 0 saturated carbocycles. The molecule has 0 amide bonds. The minimum Gasteiger partial charge on any atom is -0.394 e. The van der Waals surface area contributed by atoms with Crippen molar-refractivity contribution in [1.82, 2.24) is 0 Å². The van der Waals surface area contributed by atoms with Crippen LogP contribution in [0.4, 0.5) is 5.69 Å². The Kier molecular flexibility index (Phi) is 1.16. The van der Waals surface area contributed by atoms with E-state index in [0.29, 0.717) is 0 Å². The van der Waals surface area contributed by atoms with Crippen LogP contribution >= 0.6 is 0 Å². The van der Waals surface area contributed by atoms with Crippen molar-refractivity contribution in [3.05, 3.63) is 31.6 Å². The Bertz CT molecular complexity index is 166. The van der Waals surface area contributed by atoms with Gasteiger partial charge in [0.25, 0.3) is 0 Å². The summed E-state index contributed by atoms with van der Waals surface area (Å²) < 4.78 is 1.66. The SMILES string of the molecule is [CH2][n+]1cccc(N)c1. The summed E-state index contributed by atoms with van der Waals surface area (Å²) in [4.78, 5) is 0. The lowest BCUT2D eigenvalue weighted by Crippen LogP contribution is -2.23. The van der Waals surface area contributed by atoms with Crippen molar-refractivity contribution in [2.45, 2.75) is 0 Å². The maximum absolute atomic E-state index is 5.40. The van der Waals surface area contributed by atoms with Crippen molar-refractivity contribution in [2.75, 3.05) is 5.73 Å². The first-order valence-electron chi connectivity index (χ1n) is 2.37. The summed E-state index contributed by atoms with van der Waals surface area (Å²) in [7, 11) is 3.62. The van der Waals surface area contributed by atoms with Gasteiger partial charge in [0, 0.05) is 6.07 Å². The van der Waals surface area contributed by atoms with Crippen LogP contribution in [-0.2, 0) is 0 Å². The number of nitrogens with zero attached hydrogens (tertiary/aromatic N) is 1. The third kappa shape index (κ3) is 0.964. The predicted molar refractivity (Wildman–Crippen MR) is 31.8 cm³/mol. The Labute approximate surface area is 48.6 Å². The van der Waals surface area contributed by atoms with Gasteiger partial charge in [-0.15, -0.1) is 0 Å². The molecule has 8 heavy (non-hydrogen) atoms. The summed E-state index contributed by atoms with van der Waals surface area (Å²) in [5.41, 5.74) is 6.14. The highest BCUT2D eigenvalue weighted by Gasteiger charge is 1.88. The van der Waals surface area contributed by atoms with E-state index >= 15 is 0 Å². The van der Waals surface area contributed by atoms with E-state index in [1.54, 1.807) is 10.8 Å². The zero-order valence-corrected chi connectivity index (χ0v) is 4.54. The van der Waals surface area contributed by atoms with E-state index in [-0.39, 0.29) is 0 Å². The van der Waals surface area contributed by atoms with Crippen LogP contribution in [0.1, 0.15) is 0 Å². The third-order valence-electron chi connectivity index (χ3n) is 0.881. The maximum Gasteiger partial charge on any atom is 0.206 e. The first-order valence-corrected chi connectivity index (χ1v) is 2.37. The van der Waals surface area contributed by atoms with Gasteiger partial charge >= 0.3 is 0 Å². The van der Waals surface area contributed by atoms with Crippen LogP contribution in [0, 0.1) is 7.05 Å². The number of pyridine rings is 1. The van der Waals surface area contributed by atoms with Gasteiger partial charge in [-0.2, -0.15) is 4.57 Å². The second-order valence-corrected chi connectivity index (χ2v) is 1.65. The Hall–Kier alpha value is -1.05. The fourth-order valence-corrected chi connectivity index (χ4v) is 0.542. The molecule has 0 fully saturated rings. The molecular formula is C6H8N2+. The van der Waals surface area contributed by atoms with Gasteiger partial charge in [-0.1, -0.05) is 0 Å². The number of nitrogen functional groups attached to an aromatic ring is 1. The Morgan fingerprint density at radius 1 is 1.62 bits per heavy atom. The fraction of sp³-hybridized carbons (Fsp3) is 0. The average Bonchev–Trinajstić information content (AvgIpc) is 1.64. The van der Waals surface area contributed by atoms with E-state index in [1.165, 1.54) is 0 Å². The number of hydrogen-bond donors (Lipinski definition) is 1. The predicted octanol–water partition coefficient (Wildman–Crippen LogP) is 0.196. The molecule has 0 unspecified atom stereocenters. The monoisotopic (exact) mass is 108 g/mol. The van der Waals surface area contributed by atoms with Gasteiger partial charge in [0.1, 0.15) is 0 Å². The summed E-state index contributed by atoms with van der Waals surface area (Å²) >= 11 is 0. The van der Waals surface area contributed by atoms with Crippen LogP contribution in [0.15, 0.2) is 24.5 Å². The lowest BCUT2D eigenvalue weighted by Gasteiger charge is -1.85. The Morgan fingerprint density at radius 3 is 2.75 bits per heavy atom. The molecule has 1 aromatic rings. The third-order valence-corrected chi connectivity index (χ3v) is 0.881. The second kappa shape index (κ2) is 1.82. The molecule has 0 bridgehead atoms. The number of anilines is 1. The molecule has 1 rings (SSSR count). The summed E-state index contributed by atoms with van der Waals surface area (Å²) in [6, 6.07) is 3.67. The molecule has 1 heterocycles. The number of aromatic nitrogens is 1. The number of nitrogens with two attached hydrogens (primary N) is 1. The van der Waals surface area contributed by atoms with Gasteiger partial charge in [0.15, 0.2) is 12.4 Å². The summed E-state index contributed by atoms with van der Waals surface area (Å²) in [5, 5.41) is 0. The van der Waals surface area contributed by atoms with Crippen molar-refractivity contribution in [1.29, 1.82) is 0 Å². The van der Waals surface area contributed by atoms with Gasteiger partial charge in [0.2, 0.25) is 7.05 Å². The van der Waals surface area contributed by atoms with Crippen molar-refractivity contribution in [3.63, 3.8) is 0 Å². The molecule has 0 aliphatic carbocycles. The first kappa shape index (κ1) is 5.09. The Morgan fingerprint density at radius 2 is 2.38 bits per heavy atom. The molecular weight excluding hydrogens is 100 g/mol. The van der Waals surface area contributed by atoms with Crippen LogP contribution in [0.3, 0.4) is 0 Å². The molecule has 0 atom stereocenters.